The maximum absolute atomic E-state index is 11.6. The first-order chi connectivity index (χ1) is 7.23. The molecule has 84 valence electrons. The van der Waals surface area contributed by atoms with Gasteiger partial charge in [-0.05, 0) is 12.8 Å². The number of carbonyl (C=O) groups is 2. The van der Waals surface area contributed by atoms with Gasteiger partial charge in [0, 0.05) is 12.3 Å². The molecule has 0 amide bonds. The minimum atomic E-state index is -0.452. The van der Waals surface area contributed by atoms with E-state index in [2.05, 4.69) is 6.92 Å². The van der Waals surface area contributed by atoms with Crippen LogP contribution in [0.1, 0.15) is 58.3 Å². The summed E-state index contributed by atoms with van der Waals surface area (Å²) in [5.41, 5.74) is -0.452. The number of fused-ring (bicyclic) bond motifs is 1. The first kappa shape index (κ1) is 10.8. The normalized spacial score (nSPS) is 33.3. The summed E-state index contributed by atoms with van der Waals surface area (Å²) >= 11 is 0. The van der Waals surface area contributed by atoms with Crippen LogP contribution in [0, 0.1) is 11.3 Å². The molecule has 2 nitrogen and oxygen atoms in total. The zero-order chi connectivity index (χ0) is 10.9. The standard InChI is InChI=1S/C13H20O2/c1-2-3-4-5-6-9-13-10(12(13)15)7-8-11(13)14/h10H,2-9H2,1H3. The molecule has 0 spiro atoms. The topological polar surface area (TPSA) is 34.1 Å². The van der Waals surface area contributed by atoms with Crippen LogP contribution >= 0.6 is 0 Å². The highest BCUT2D eigenvalue weighted by molar-refractivity contribution is 6.24. The summed E-state index contributed by atoms with van der Waals surface area (Å²) in [7, 11) is 0. The summed E-state index contributed by atoms with van der Waals surface area (Å²) in [6.45, 7) is 2.19. The highest BCUT2D eigenvalue weighted by atomic mass is 16.2. The molecule has 2 fully saturated rings. The third-order valence-corrected chi connectivity index (χ3v) is 4.10. The molecule has 0 aromatic carbocycles. The molecule has 0 aliphatic heterocycles. The van der Waals surface area contributed by atoms with E-state index in [1.165, 1.54) is 25.7 Å². The molecule has 2 aliphatic carbocycles. The molecule has 0 aromatic heterocycles. The summed E-state index contributed by atoms with van der Waals surface area (Å²) in [5, 5.41) is 0. The Labute approximate surface area is 91.4 Å². The fourth-order valence-corrected chi connectivity index (χ4v) is 3.06. The summed E-state index contributed by atoms with van der Waals surface area (Å²) < 4.78 is 0. The zero-order valence-electron chi connectivity index (χ0n) is 9.55. The molecule has 2 heteroatoms. The minimum Gasteiger partial charge on any atom is -0.299 e. The van der Waals surface area contributed by atoms with Crippen LogP contribution in [0.2, 0.25) is 0 Å². The number of hydrogen-bond acceptors (Lipinski definition) is 2. The first-order valence-corrected chi connectivity index (χ1v) is 6.31. The zero-order valence-corrected chi connectivity index (χ0v) is 9.55. The molecule has 2 unspecified atom stereocenters. The second kappa shape index (κ2) is 4.07. The van der Waals surface area contributed by atoms with Gasteiger partial charge in [-0.2, -0.15) is 0 Å². The molecular formula is C13H20O2. The van der Waals surface area contributed by atoms with E-state index in [0.717, 1.165) is 19.3 Å². The largest absolute Gasteiger partial charge is 0.299 e. The summed E-state index contributed by atoms with van der Waals surface area (Å²) in [6.07, 6.45) is 8.36. The Morgan fingerprint density at radius 3 is 2.53 bits per heavy atom. The third kappa shape index (κ3) is 1.64. The van der Waals surface area contributed by atoms with Crippen molar-refractivity contribution >= 4 is 11.6 Å². The molecule has 2 atom stereocenters. The van der Waals surface area contributed by atoms with Gasteiger partial charge in [-0.3, -0.25) is 9.59 Å². The summed E-state index contributed by atoms with van der Waals surface area (Å²) in [6, 6.07) is 0. The lowest BCUT2D eigenvalue weighted by molar-refractivity contribution is -0.127. The molecule has 2 aliphatic rings. The molecule has 0 bridgehead atoms. The van der Waals surface area contributed by atoms with Crippen molar-refractivity contribution in [1.29, 1.82) is 0 Å². The highest BCUT2D eigenvalue weighted by Gasteiger charge is 2.71. The van der Waals surface area contributed by atoms with Gasteiger partial charge in [-0.1, -0.05) is 39.0 Å². The first-order valence-electron chi connectivity index (χ1n) is 6.31. The maximum atomic E-state index is 11.6. The average Bonchev–Trinajstić information content (AvgIpc) is 2.63. The molecular weight excluding hydrogens is 188 g/mol. The number of unbranched alkanes of at least 4 members (excludes halogenated alkanes) is 4. The van der Waals surface area contributed by atoms with Gasteiger partial charge in [0.25, 0.3) is 0 Å². The van der Waals surface area contributed by atoms with Crippen LogP contribution in [-0.4, -0.2) is 11.6 Å². The van der Waals surface area contributed by atoms with E-state index in [4.69, 9.17) is 0 Å². The van der Waals surface area contributed by atoms with Gasteiger partial charge in [0.2, 0.25) is 0 Å². The molecule has 0 N–H and O–H groups in total. The van der Waals surface area contributed by atoms with E-state index >= 15 is 0 Å². The van der Waals surface area contributed by atoms with Crippen LogP contribution in [0.25, 0.3) is 0 Å². The second-order valence-corrected chi connectivity index (χ2v) is 5.01. The van der Waals surface area contributed by atoms with Crippen molar-refractivity contribution in [3.05, 3.63) is 0 Å². The fourth-order valence-electron chi connectivity index (χ4n) is 3.06. The predicted octanol–water partition coefficient (Wildman–Crippen LogP) is 2.90. The summed E-state index contributed by atoms with van der Waals surface area (Å²) in [4.78, 5) is 23.2. The van der Waals surface area contributed by atoms with Crippen LogP contribution in [0.15, 0.2) is 0 Å². The van der Waals surface area contributed by atoms with Crippen molar-refractivity contribution in [1.82, 2.24) is 0 Å². The van der Waals surface area contributed by atoms with Crippen LogP contribution in [0.5, 0.6) is 0 Å². The molecule has 0 radical (unpaired) electrons. The van der Waals surface area contributed by atoms with Gasteiger partial charge < -0.3 is 0 Å². The van der Waals surface area contributed by atoms with E-state index in [0.29, 0.717) is 6.42 Å². The van der Waals surface area contributed by atoms with Gasteiger partial charge in [0.05, 0.1) is 5.41 Å². The lowest BCUT2D eigenvalue weighted by atomic mass is 9.94. The van der Waals surface area contributed by atoms with E-state index in [9.17, 15) is 9.59 Å². The third-order valence-electron chi connectivity index (χ3n) is 4.10. The van der Waals surface area contributed by atoms with Crippen molar-refractivity contribution in [3.63, 3.8) is 0 Å². The van der Waals surface area contributed by atoms with Crippen molar-refractivity contribution < 1.29 is 9.59 Å². The maximum Gasteiger partial charge on any atom is 0.151 e. The minimum absolute atomic E-state index is 0.135. The molecule has 15 heavy (non-hydrogen) atoms. The van der Waals surface area contributed by atoms with E-state index in [1.807, 2.05) is 0 Å². The number of carbonyl (C=O) groups excluding carboxylic acids is 2. The van der Waals surface area contributed by atoms with Gasteiger partial charge in [0.1, 0.15) is 5.78 Å². The molecule has 2 rings (SSSR count). The number of hydrogen-bond donors (Lipinski definition) is 0. The Hall–Kier alpha value is -0.660. The van der Waals surface area contributed by atoms with E-state index < -0.39 is 5.41 Å². The Bertz CT molecular complexity index is 282. The summed E-state index contributed by atoms with van der Waals surface area (Å²) in [5.74, 6) is 0.637. The second-order valence-electron chi connectivity index (χ2n) is 5.01. The van der Waals surface area contributed by atoms with Crippen molar-refractivity contribution in [2.24, 2.45) is 11.3 Å². The van der Waals surface area contributed by atoms with Gasteiger partial charge in [-0.25, -0.2) is 0 Å². The molecule has 2 saturated carbocycles. The Balaban J connectivity index is 1.75. The van der Waals surface area contributed by atoms with Gasteiger partial charge in [0.15, 0.2) is 5.78 Å². The Morgan fingerprint density at radius 2 is 1.93 bits per heavy atom. The quantitative estimate of drug-likeness (QED) is 0.497. The van der Waals surface area contributed by atoms with Crippen molar-refractivity contribution in [2.45, 2.75) is 58.3 Å². The number of Topliss-reactive ketones (excluding diaryl/α,β-unsaturated/α-hetero) is 2. The van der Waals surface area contributed by atoms with E-state index in [-0.39, 0.29) is 17.5 Å². The van der Waals surface area contributed by atoms with Crippen LogP contribution in [0.3, 0.4) is 0 Å². The Kier molecular flexibility index (Phi) is 2.94. The molecule has 0 heterocycles. The Morgan fingerprint density at radius 1 is 1.20 bits per heavy atom. The predicted molar refractivity (Wildman–Crippen MR) is 58.5 cm³/mol. The number of ketones is 2. The smallest absolute Gasteiger partial charge is 0.151 e. The van der Waals surface area contributed by atoms with Gasteiger partial charge >= 0.3 is 0 Å². The van der Waals surface area contributed by atoms with E-state index in [1.54, 1.807) is 0 Å². The van der Waals surface area contributed by atoms with Crippen LogP contribution < -0.4 is 0 Å². The highest BCUT2D eigenvalue weighted by Crippen LogP contribution is 2.60. The lowest BCUT2D eigenvalue weighted by Crippen LogP contribution is -2.15. The fraction of sp³-hybridized carbons (Fsp3) is 0.846. The average molecular weight is 208 g/mol. The van der Waals surface area contributed by atoms with Crippen LogP contribution in [0.4, 0.5) is 0 Å². The monoisotopic (exact) mass is 208 g/mol. The SMILES string of the molecule is CCCCCCCC12C(=O)CCC1C2=O. The lowest BCUT2D eigenvalue weighted by Gasteiger charge is -2.07. The van der Waals surface area contributed by atoms with Crippen LogP contribution in [-0.2, 0) is 9.59 Å². The number of rotatable bonds is 6. The van der Waals surface area contributed by atoms with Gasteiger partial charge in [-0.15, -0.1) is 0 Å². The molecule has 0 saturated heterocycles. The van der Waals surface area contributed by atoms with Crippen molar-refractivity contribution in [3.8, 4) is 0 Å². The molecule has 0 aromatic rings. The van der Waals surface area contributed by atoms with Crippen molar-refractivity contribution in [2.75, 3.05) is 0 Å².